The fraction of sp³-hybridized carbons (Fsp3) is 0.211. The second kappa shape index (κ2) is 8.85. The van der Waals surface area contributed by atoms with E-state index in [1.807, 2.05) is 36.6 Å². The van der Waals surface area contributed by atoms with Crippen molar-refractivity contribution in [1.82, 2.24) is 9.88 Å². The van der Waals surface area contributed by atoms with Gasteiger partial charge in [0.1, 0.15) is 5.75 Å². The molecule has 1 aromatic carbocycles. The summed E-state index contributed by atoms with van der Waals surface area (Å²) in [5.41, 5.74) is 2.69. The summed E-state index contributed by atoms with van der Waals surface area (Å²) in [6.07, 6.45) is 0. The van der Waals surface area contributed by atoms with Gasteiger partial charge < -0.3 is 15.0 Å². The number of amides is 2. The number of nitrogens with one attached hydrogen (secondary N) is 1. The van der Waals surface area contributed by atoms with Gasteiger partial charge in [0.25, 0.3) is 5.91 Å². The van der Waals surface area contributed by atoms with Gasteiger partial charge in [0, 0.05) is 18.0 Å². The molecular weight excluding hydrogens is 462 g/mol. The van der Waals surface area contributed by atoms with Crippen molar-refractivity contribution in [1.29, 1.82) is 0 Å². The maximum atomic E-state index is 12.3. The van der Waals surface area contributed by atoms with Crippen molar-refractivity contribution in [2.45, 2.75) is 6.92 Å². The molecule has 0 unspecified atom stereocenters. The molecule has 28 heavy (non-hydrogen) atoms. The molecule has 0 atom stereocenters. The molecule has 2 aromatic heterocycles. The molecule has 2 amide bonds. The van der Waals surface area contributed by atoms with Gasteiger partial charge in [-0.1, -0.05) is 11.6 Å². The van der Waals surface area contributed by atoms with E-state index in [4.69, 9.17) is 4.74 Å². The predicted molar refractivity (Wildman–Crippen MR) is 116 cm³/mol. The summed E-state index contributed by atoms with van der Waals surface area (Å²) in [5.74, 6) is 0.222. The van der Waals surface area contributed by atoms with Crippen molar-refractivity contribution in [3.8, 4) is 17.0 Å². The first-order chi connectivity index (χ1) is 13.4. The molecule has 0 fully saturated rings. The van der Waals surface area contributed by atoms with Gasteiger partial charge in [-0.05, 0) is 47.1 Å². The molecule has 0 aliphatic heterocycles. The number of hydrogen-bond donors (Lipinski definition) is 1. The van der Waals surface area contributed by atoms with Crippen LogP contribution in [-0.2, 0) is 4.79 Å². The number of rotatable bonds is 6. The molecule has 0 bridgehead atoms. The number of nitrogens with zero attached hydrogens (tertiary/aromatic N) is 2. The fourth-order valence-electron chi connectivity index (χ4n) is 2.54. The summed E-state index contributed by atoms with van der Waals surface area (Å²) in [5, 5.41) is 5.10. The molecule has 2 heterocycles. The number of carbonyl (C=O) groups is 2. The molecule has 0 aliphatic rings. The van der Waals surface area contributed by atoms with Gasteiger partial charge >= 0.3 is 0 Å². The predicted octanol–water partition coefficient (Wildman–Crippen LogP) is 4.66. The Morgan fingerprint density at radius 1 is 1.29 bits per heavy atom. The molecule has 3 aromatic rings. The number of thiazole rings is 1. The van der Waals surface area contributed by atoms with Crippen LogP contribution < -0.4 is 10.1 Å². The molecule has 0 spiro atoms. The number of ether oxygens (including phenoxy) is 1. The minimum absolute atomic E-state index is 0.0585. The monoisotopic (exact) mass is 479 g/mol. The number of aryl methyl sites for hydroxylation is 1. The van der Waals surface area contributed by atoms with Crippen molar-refractivity contribution < 1.29 is 14.3 Å². The van der Waals surface area contributed by atoms with Crippen molar-refractivity contribution in [2.24, 2.45) is 0 Å². The first-order valence-corrected chi connectivity index (χ1v) is 10.8. The summed E-state index contributed by atoms with van der Waals surface area (Å²) in [6, 6.07) is 9.39. The van der Waals surface area contributed by atoms with Crippen molar-refractivity contribution in [3.05, 3.63) is 49.9 Å². The Morgan fingerprint density at radius 2 is 2.07 bits per heavy atom. The molecule has 6 nitrogen and oxygen atoms in total. The molecule has 0 saturated heterocycles. The van der Waals surface area contributed by atoms with Crippen LogP contribution in [0.15, 0.2) is 39.5 Å². The summed E-state index contributed by atoms with van der Waals surface area (Å²) in [6.45, 7) is 1.94. The lowest BCUT2D eigenvalue weighted by Gasteiger charge is -2.15. The molecule has 0 radical (unpaired) electrons. The van der Waals surface area contributed by atoms with Gasteiger partial charge in [0.15, 0.2) is 5.13 Å². The van der Waals surface area contributed by atoms with Gasteiger partial charge in [0.2, 0.25) is 5.91 Å². The maximum Gasteiger partial charge on any atom is 0.264 e. The number of anilines is 1. The zero-order chi connectivity index (χ0) is 20.3. The van der Waals surface area contributed by atoms with Crippen LogP contribution >= 0.6 is 38.6 Å². The number of methoxy groups -OCH3 is 1. The highest BCUT2D eigenvalue weighted by Gasteiger charge is 2.18. The maximum absolute atomic E-state index is 12.3. The number of carbonyl (C=O) groups excluding carboxylic acids is 2. The number of likely N-dealkylation sites (N-methyl/N-ethyl adjacent to an activating group) is 1. The Balaban J connectivity index is 1.66. The summed E-state index contributed by atoms with van der Waals surface area (Å²) >= 11 is 5.99. The Hall–Kier alpha value is -2.23. The third kappa shape index (κ3) is 4.78. The Labute approximate surface area is 179 Å². The quantitative estimate of drug-likeness (QED) is 0.557. The average molecular weight is 480 g/mol. The Bertz CT molecular complexity index is 1020. The largest absolute Gasteiger partial charge is 0.496 e. The van der Waals surface area contributed by atoms with E-state index < -0.39 is 0 Å². The summed E-state index contributed by atoms with van der Waals surface area (Å²) in [4.78, 5) is 31.1. The molecule has 0 aliphatic carbocycles. The van der Waals surface area contributed by atoms with E-state index >= 15 is 0 Å². The number of thiophene rings is 1. The number of hydrogen-bond acceptors (Lipinski definition) is 6. The highest BCUT2D eigenvalue weighted by Crippen LogP contribution is 2.33. The Kier molecular flexibility index (Phi) is 6.48. The first-order valence-electron chi connectivity index (χ1n) is 8.28. The number of aromatic nitrogens is 1. The molecule has 0 saturated carbocycles. The minimum Gasteiger partial charge on any atom is -0.496 e. The fourth-order valence-corrected chi connectivity index (χ4v) is 4.65. The van der Waals surface area contributed by atoms with E-state index in [1.165, 1.54) is 27.6 Å². The van der Waals surface area contributed by atoms with Crippen LogP contribution in [-0.4, -0.2) is 42.4 Å². The lowest BCUT2D eigenvalue weighted by atomic mass is 10.1. The second-order valence-corrected chi connectivity index (χ2v) is 9.38. The van der Waals surface area contributed by atoms with Gasteiger partial charge in [0.05, 0.1) is 28.0 Å². The van der Waals surface area contributed by atoms with Crippen LogP contribution in [0.1, 0.15) is 15.2 Å². The van der Waals surface area contributed by atoms with Crippen LogP contribution in [0.2, 0.25) is 0 Å². The standard InChI is InChI=1S/C19H18BrN3O3S2/c1-11-4-5-14(26-3)12(8-11)13-10-27-19(21-13)22-17(24)9-23(2)18(25)15-6-7-16(20)28-15/h4-8,10H,9H2,1-3H3,(H,21,22,24). The lowest BCUT2D eigenvalue weighted by Crippen LogP contribution is -2.34. The van der Waals surface area contributed by atoms with Crippen LogP contribution in [0, 0.1) is 6.92 Å². The van der Waals surface area contributed by atoms with Gasteiger partial charge in [-0.25, -0.2) is 4.98 Å². The zero-order valence-electron chi connectivity index (χ0n) is 15.5. The van der Waals surface area contributed by atoms with Crippen LogP contribution in [0.4, 0.5) is 5.13 Å². The number of halogens is 1. The van der Waals surface area contributed by atoms with Crippen LogP contribution in [0.25, 0.3) is 11.3 Å². The molecule has 3 rings (SSSR count). The van der Waals surface area contributed by atoms with E-state index in [9.17, 15) is 9.59 Å². The molecular formula is C19H18BrN3O3S2. The van der Waals surface area contributed by atoms with E-state index in [2.05, 4.69) is 26.2 Å². The second-order valence-electron chi connectivity index (χ2n) is 6.05. The molecule has 9 heteroatoms. The van der Waals surface area contributed by atoms with E-state index in [1.54, 1.807) is 20.2 Å². The normalized spacial score (nSPS) is 10.6. The smallest absolute Gasteiger partial charge is 0.264 e. The lowest BCUT2D eigenvalue weighted by molar-refractivity contribution is -0.116. The third-order valence-corrected chi connectivity index (χ3v) is 6.26. The average Bonchev–Trinajstić information content (AvgIpc) is 3.30. The first kappa shape index (κ1) is 20.5. The molecule has 1 N–H and O–H groups in total. The topological polar surface area (TPSA) is 71.5 Å². The number of benzene rings is 1. The van der Waals surface area contributed by atoms with Gasteiger partial charge in [-0.15, -0.1) is 22.7 Å². The summed E-state index contributed by atoms with van der Waals surface area (Å²) < 4.78 is 6.27. The SMILES string of the molecule is COc1ccc(C)cc1-c1csc(NC(=O)CN(C)C(=O)c2ccc(Br)s2)n1. The zero-order valence-corrected chi connectivity index (χ0v) is 18.7. The highest BCUT2D eigenvalue weighted by molar-refractivity contribution is 9.11. The Morgan fingerprint density at radius 3 is 2.75 bits per heavy atom. The van der Waals surface area contributed by atoms with Crippen molar-refractivity contribution >= 4 is 55.5 Å². The van der Waals surface area contributed by atoms with Crippen LogP contribution in [0.3, 0.4) is 0 Å². The minimum atomic E-state index is -0.302. The highest BCUT2D eigenvalue weighted by atomic mass is 79.9. The molecule has 146 valence electrons. The third-order valence-electron chi connectivity index (χ3n) is 3.89. The van der Waals surface area contributed by atoms with E-state index in [0.29, 0.717) is 10.0 Å². The van der Waals surface area contributed by atoms with Gasteiger partial charge in [-0.3, -0.25) is 9.59 Å². The summed E-state index contributed by atoms with van der Waals surface area (Å²) in [7, 11) is 3.21. The van der Waals surface area contributed by atoms with Crippen molar-refractivity contribution in [2.75, 3.05) is 26.0 Å². The van der Waals surface area contributed by atoms with E-state index in [-0.39, 0.29) is 18.4 Å². The van der Waals surface area contributed by atoms with Crippen LogP contribution in [0.5, 0.6) is 5.75 Å². The van der Waals surface area contributed by atoms with Crippen molar-refractivity contribution in [3.63, 3.8) is 0 Å². The van der Waals surface area contributed by atoms with Gasteiger partial charge in [-0.2, -0.15) is 0 Å². The van der Waals surface area contributed by atoms with E-state index in [0.717, 1.165) is 26.4 Å².